The fourth-order valence-corrected chi connectivity index (χ4v) is 5.98. The maximum atomic E-state index is 12.6. The maximum Gasteiger partial charge on any atom is 0.508 e. The van der Waals surface area contributed by atoms with Crippen molar-refractivity contribution in [2.75, 3.05) is 11.7 Å². The average molecular weight is 526 g/mol. The minimum atomic E-state index is -0.577. The van der Waals surface area contributed by atoms with Crippen molar-refractivity contribution in [1.82, 2.24) is 10.1 Å². The van der Waals surface area contributed by atoms with Crippen LogP contribution in [0.15, 0.2) is 0 Å². The Bertz CT molecular complexity index is 558. The van der Waals surface area contributed by atoms with Gasteiger partial charge in [-0.3, -0.25) is 4.84 Å². The van der Waals surface area contributed by atoms with Crippen molar-refractivity contribution in [3.05, 3.63) is 0 Å². The fraction of sp³-hybridized carbons (Fsp3) is 0.952. The summed E-state index contributed by atoms with van der Waals surface area (Å²) in [7, 11) is 1.69. The number of hydrogen-bond donors (Lipinski definition) is 0. The molecular formula is C21H39IN2O5. The summed E-state index contributed by atoms with van der Waals surface area (Å²) in [6, 6.07) is 0. The summed E-state index contributed by atoms with van der Waals surface area (Å²) in [4.78, 5) is 24.1. The third-order valence-corrected chi connectivity index (χ3v) is 6.27. The number of hydroxylamine groups is 4. The smallest absolute Gasteiger partial charge is 0.431 e. The molecular weight excluding hydrogens is 487 g/mol. The SMILES string of the molecule is CON1C(C)(C)CC(OC(=O)OC2CC(C)(C)N(OCI)C(C)(C)C2)CC1(C)C. The van der Waals surface area contributed by atoms with Crippen molar-refractivity contribution in [2.45, 2.75) is 115 Å². The van der Waals surface area contributed by atoms with Crippen LogP contribution in [0.2, 0.25) is 0 Å². The van der Waals surface area contributed by atoms with Gasteiger partial charge in [-0.2, -0.15) is 10.1 Å². The van der Waals surface area contributed by atoms with Gasteiger partial charge in [-0.15, -0.1) is 0 Å². The molecule has 0 spiro atoms. The van der Waals surface area contributed by atoms with E-state index in [0.29, 0.717) is 30.3 Å². The molecule has 0 N–H and O–H groups in total. The Labute approximate surface area is 189 Å². The minimum Gasteiger partial charge on any atom is -0.431 e. The standard InChI is InChI=1S/C21H39IN2O5/c1-18(2)10-15(11-19(3,4)23(18)26-9)28-17(25)29-16-12-20(5,6)24(27-14-22)21(7,8)13-16/h15-16H,10-14H2,1-9H3. The fourth-order valence-electron chi connectivity index (χ4n) is 5.70. The lowest BCUT2D eigenvalue weighted by Crippen LogP contribution is -2.62. The van der Waals surface area contributed by atoms with Crippen LogP contribution in [-0.4, -0.2) is 62.4 Å². The van der Waals surface area contributed by atoms with E-state index in [0.717, 1.165) is 0 Å². The molecule has 8 heteroatoms. The highest BCUT2D eigenvalue weighted by Gasteiger charge is 2.49. The minimum absolute atomic E-state index is 0.206. The Kier molecular flexibility index (Phi) is 7.59. The molecule has 0 unspecified atom stereocenters. The van der Waals surface area contributed by atoms with Crippen LogP contribution in [0.1, 0.15) is 81.1 Å². The van der Waals surface area contributed by atoms with E-state index >= 15 is 0 Å². The van der Waals surface area contributed by atoms with Crippen molar-refractivity contribution in [3.63, 3.8) is 0 Å². The number of piperidine rings is 2. The van der Waals surface area contributed by atoms with Crippen LogP contribution < -0.4 is 0 Å². The van der Waals surface area contributed by atoms with Crippen LogP contribution in [0.5, 0.6) is 0 Å². The van der Waals surface area contributed by atoms with Crippen molar-refractivity contribution in [3.8, 4) is 0 Å². The van der Waals surface area contributed by atoms with E-state index in [-0.39, 0.29) is 34.4 Å². The maximum absolute atomic E-state index is 12.6. The van der Waals surface area contributed by atoms with Gasteiger partial charge in [0.1, 0.15) is 16.8 Å². The van der Waals surface area contributed by atoms with E-state index in [9.17, 15) is 4.79 Å². The predicted molar refractivity (Wildman–Crippen MR) is 121 cm³/mol. The van der Waals surface area contributed by atoms with Gasteiger partial charge in [-0.25, -0.2) is 4.79 Å². The zero-order valence-corrected chi connectivity index (χ0v) is 21.7. The zero-order valence-electron chi connectivity index (χ0n) is 19.5. The molecule has 0 amide bonds. The highest BCUT2D eigenvalue weighted by Crippen LogP contribution is 2.41. The Morgan fingerprint density at radius 1 is 0.793 bits per heavy atom. The molecule has 0 bridgehead atoms. The van der Waals surface area contributed by atoms with Crippen LogP contribution >= 0.6 is 22.6 Å². The number of carbonyl (C=O) groups excluding carboxylic acids is 1. The second-order valence-electron chi connectivity index (χ2n) is 10.8. The lowest BCUT2D eigenvalue weighted by molar-refractivity contribution is -0.283. The van der Waals surface area contributed by atoms with Gasteiger partial charge in [-0.05, 0) is 55.4 Å². The van der Waals surface area contributed by atoms with Gasteiger partial charge in [0.25, 0.3) is 0 Å². The second kappa shape index (κ2) is 8.76. The summed E-state index contributed by atoms with van der Waals surface area (Å²) < 4.78 is 12.2. The van der Waals surface area contributed by atoms with Gasteiger partial charge in [0, 0.05) is 47.8 Å². The third-order valence-electron chi connectivity index (χ3n) is 5.99. The molecule has 0 aromatic heterocycles. The molecule has 0 aromatic carbocycles. The molecule has 0 atom stereocenters. The average Bonchev–Trinajstić information content (AvgIpc) is 2.47. The summed E-state index contributed by atoms with van der Waals surface area (Å²) in [5.41, 5.74) is -0.974. The second-order valence-corrected chi connectivity index (χ2v) is 11.4. The zero-order chi connectivity index (χ0) is 22.3. The number of hydrogen-bond acceptors (Lipinski definition) is 7. The van der Waals surface area contributed by atoms with E-state index in [1.165, 1.54) is 0 Å². The highest BCUT2D eigenvalue weighted by atomic mass is 127. The van der Waals surface area contributed by atoms with Crippen molar-refractivity contribution >= 4 is 28.7 Å². The lowest BCUT2D eigenvalue weighted by atomic mass is 9.80. The van der Waals surface area contributed by atoms with Gasteiger partial charge in [-0.1, -0.05) is 22.6 Å². The normalized spacial score (nSPS) is 27.5. The Morgan fingerprint density at radius 3 is 1.45 bits per heavy atom. The summed E-state index contributed by atoms with van der Waals surface area (Å²) in [6.07, 6.45) is 1.79. The predicted octanol–water partition coefficient (Wildman–Crippen LogP) is 5.07. The van der Waals surface area contributed by atoms with E-state index in [1.807, 2.05) is 10.1 Å². The summed E-state index contributed by atoms with van der Waals surface area (Å²) in [6.45, 7) is 16.9. The molecule has 2 aliphatic rings. The summed E-state index contributed by atoms with van der Waals surface area (Å²) >= 11 is 2.21. The van der Waals surface area contributed by atoms with E-state index in [1.54, 1.807) is 7.11 Å². The van der Waals surface area contributed by atoms with E-state index in [4.69, 9.17) is 19.1 Å². The van der Waals surface area contributed by atoms with Gasteiger partial charge >= 0.3 is 6.16 Å². The van der Waals surface area contributed by atoms with Crippen LogP contribution in [0.25, 0.3) is 0 Å². The number of nitrogens with zero attached hydrogens (tertiary/aromatic N) is 2. The van der Waals surface area contributed by atoms with Crippen molar-refractivity contribution < 1.29 is 23.9 Å². The van der Waals surface area contributed by atoms with Crippen LogP contribution in [0.3, 0.4) is 0 Å². The van der Waals surface area contributed by atoms with E-state index < -0.39 is 6.16 Å². The molecule has 0 aromatic rings. The molecule has 0 saturated carbocycles. The Morgan fingerprint density at radius 2 is 1.14 bits per heavy atom. The number of ether oxygens (including phenoxy) is 2. The van der Waals surface area contributed by atoms with Crippen molar-refractivity contribution in [1.29, 1.82) is 0 Å². The van der Waals surface area contributed by atoms with Gasteiger partial charge in [0.2, 0.25) is 0 Å². The number of carbonyl (C=O) groups is 1. The molecule has 2 rings (SSSR count). The highest BCUT2D eigenvalue weighted by molar-refractivity contribution is 14.1. The van der Waals surface area contributed by atoms with Crippen LogP contribution in [0.4, 0.5) is 4.79 Å². The van der Waals surface area contributed by atoms with Gasteiger partial charge in [0.15, 0.2) is 0 Å². The first-order valence-electron chi connectivity index (χ1n) is 10.4. The molecule has 2 saturated heterocycles. The largest absolute Gasteiger partial charge is 0.508 e. The quantitative estimate of drug-likeness (QED) is 0.282. The first-order chi connectivity index (χ1) is 13.1. The number of halogens is 1. The van der Waals surface area contributed by atoms with Gasteiger partial charge < -0.3 is 14.3 Å². The molecule has 170 valence electrons. The van der Waals surface area contributed by atoms with E-state index in [2.05, 4.69) is 78.0 Å². The van der Waals surface area contributed by atoms with Crippen molar-refractivity contribution in [2.24, 2.45) is 0 Å². The number of rotatable bonds is 5. The number of alkyl halides is 1. The summed E-state index contributed by atoms with van der Waals surface area (Å²) in [5, 5.41) is 4.04. The monoisotopic (exact) mass is 526 g/mol. The molecule has 2 fully saturated rings. The molecule has 2 heterocycles. The van der Waals surface area contributed by atoms with Crippen LogP contribution in [-0.2, 0) is 19.1 Å². The lowest BCUT2D eigenvalue weighted by Gasteiger charge is -2.53. The first kappa shape index (κ1) is 25.1. The molecule has 29 heavy (non-hydrogen) atoms. The third kappa shape index (κ3) is 5.75. The first-order valence-corrected chi connectivity index (χ1v) is 11.9. The molecule has 0 radical (unpaired) electrons. The van der Waals surface area contributed by atoms with Crippen LogP contribution in [0, 0.1) is 0 Å². The molecule has 2 aliphatic heterocycles. The summed E-state index contributed by atoms with van der Waals surface area (Å²) in [5.74, 6) is 0. The Hall–Kier alpha value is -0.160. The Balaban J connectivity index is 2.01. The topological polar surface area (TPSA) is 60.5 Å². The molecule has 7 nitrogen and oxygen atoms in total. The molecule has 0 aliphatic carbocycles. The van der Waals surface area contributed by atoms with Gasteiger partial charge in [0.05, 0.1) is 7.11 Å².